The lowest BCUT2D eigenvalue weighted by molar-refractivity contribution is -0.129. The van der Waals surface area contributed by atoms with Crippen LogP contribution < -0.4 is 10.0 Å². The second-order valence-electron chi connectivity index (χ2n) is 5.54. The summed E-state index contributed by atoms with van der Waals surface area (Å²) in [7, 11) is 1.87. The topological polar surface area (TPSA) is 26.8 Å². The number of hydrogen-bond acceptors (Lipinski definition) is 3. The number of carbonyl (C=O) groups excluding carboxylic acids is 1. The van der Waals surface area contributed by atoms with E-state index in [-0.39, 0.29) is 12.1 Å². The molecule has 2 aromatic carbocycles. The fraction of sp³-hybridized carbons (Fsp3) is 0.278. The van der Waals surface area contributed by atoms with Crippen LogP contribution in [-0.4, -0.2) is 30.6 Å². The molecule has 0 aliphatic carbocycles. The number of carbonyl (C=O) groups is 1. The summed E-state index contributed by atoms with van der Waals surface area (Å²) >= 11 is 0. The SMILES string of the molecule is CC(=O)N(C)C1CCN(c2ccccc2)N1c1ccccc1. The molecule has 0 bridgehead atoms. The van der Waals surface area contributed by atoms with E-state index >= 15 is 0 Å². The summed E-state index contributed by atoms with van der Waals surface area (Å²) in [6.07, 6.45) is 0.958. The van der Waals surface area contributed by atoms with Crippen molar-refractivity contribution in [2.75, 3.05) is 23.6 Å². The number of benzene rings is 2. The summed E-state index contributed by atoms with van der Waals surface area (Å²) in [6.45, 7) is 2.51. The van der Waals surface area contributed by atoms with Crippen molar-refractivity contribution in [3.05, 3.63) is 60.7 Å². The minimum Gasteiger partial charge on any atom is -0.324 e. The Balaban J connectivity index is 1.99. The smallest absolute Gasteiger partial charge is 0.220 e. The van der Waals surface area contributed by atoms with Crippen LogP contribution in [0.5, 0.6) is 0 Å². The number of hydrazine groups is 1. The fourth-order valence-electron chi connectivity index (χ4n) is 2.94. The summed E-state index contributed by atoms with van der Waals surface area (Å²) in [5.41, 5.74) is 2.24. The molecule has 0 N–H and O–H groups in total. The van der Waals surface area contributed by atoms with Crippen molar-refractivity contribution in [1.29, 1.82) is 0 Å². The molecule has 3 rings (SSSR count). The average Bonchev–Trinajstić information content (AvgIpc) is 3.00. The van der Waals surface area contributed by atoms with Crippen molar-refractivity contribution in [1.82, 2.24) is 4.90 Å². The zero-order valence-corrected chi connectivity index (χ0v) is 13.0. The van der Waals surface area contributed by atoms with E-state index in [9.17, 15) is 4.79 Å². The van der Waals surface area contributed by atoms with Crippen LogP contribution in [0.3, 0.4) is 0 Å². The highest BCUT2D eigenvalue weighted by Crippen LogP contribution is 2.32. The first-order chi connectivity index (χ1) is 10.7. The van der Waals surface area contributed by atoms with Crippen molar-refractivity contribution in [3.8, 4) is 0 Å². The van der Waals surface area contributed by atoms with Crippen LogP contribution >= 0.6 is 0 Å². The fourth-order valence-corrected chi connectivity index (χ4v) is 2.94. The van der Waals surface area contributed by atoms with Crippen LogP contribution in [-0.2, 0) is 4.79 Å². The Morgan fingerprint density at radius 3 is 2.09 bits per heavy atom. The van der Waals surface area contributed by atoms with Crippen LogP contribution in [0.4, 0.5) is 11.4 Å². The molecule has 0 saturated carbocycles. The molecule has 0 spiro atoms. The first kappa shape index (κ1) is 14.4. The van der Waals surface area contributed by atoms with Crippen molar-refractivity contribution in [2.24, 2.45) is 0 Å². The number of anilines is 2. The van der Waals surface area contributed by atoms with E-state index in [2.05, 4.69) is 34.3 Å². The number of para-hydroxylation sites is 2. The third-order valence-corrected chi connectivity index (χ3v) is 4.16. The Morgan fingerprint density at radius 1 is 1.00 bits per heavy atom. The molecule has 1 unspecified atom stereocenters. The Hall–Kier alpha value is -2.49. The maximum atomic E-state index is 11.8. The molecule has 1 amide bonds. The van der Waals surface area contributed by atoms with Crippen LogP contribution in [0.25, 0.3) is 0 Å². The molecule has 2 aromatic rings. The van der Waals surface area contributed by atoms with Gasteiger partial charge in [-0.25, -0.2) is 0 Å². The van der Waals surface area contributed by atoms with Gasteiger partial charge in [-0.05, 0) is 24.3 Å². The predicted molar refractivity (Wildman–Crippen MR) is 89.6 cm³/mol. The Labute approximate surface area is 131 Å². The molecule has 1 fully saturated rings. The lowest BCUT2D eigenvalue weighted by atomic mass is 10.2. The molecule has 4 nitrogen and oxygen atoms in total. The number of nitrogens with zero attached hydrogens (tertiary/aromatic N) is 3. The number of amides is 1. The Morgan fingerprint density at radius 2 is 1.55 bits per heavy atom. The summed E-state index contributed by atoms with van der Waals surface area (Å²) in [6, 6.07) is 20.6. The average molecular weight is 295 g/mol. The molecule has 1 atom stereocenters. The van der Waals surface area contributed by atoms with Crippen molar-refractivity contribution in [2.45, 2.75) is 19.5 Å². The molecular formula is C18H21N3O. The molecule has 1 saturated heterocycles. The first-order valence-corrected chi connectivity index (χ1v) is 7.58. The highest BCUT2D eigenvalue weighted by molar-refractivity contribution is 5.74. The maximum absolute atomic E-state index is 11.8. The van der Waals surface area contributed by atoms with E-state index in [4.69, 9.17) is 0 Å². The molecule has 1 aliphatic rings. The number of rotatable bonds is 3. The minimum absolute atomic E-state index is 0.0418. The van der Waals surface area contributed by atoms with E-state index < -0.39 is 0 Å². The third-order valence-electron chi connectivity index (χ3n) is 4.16. The van der Waals surface area contributed by atoms with Crippen LogP contribution in [0.2, 0.25) is 0 Å². The Kier molecular flexibility index (Phi) is 4.00. The largest absolute Gasteiger partial charge is 0.324 e. The van der Waals surface area contributed by atoms with Gasteiger partial charge in [0.2, 0.25) is 5.91 Å². The third kappa shape index (κ3) is 2.64. The van der Waals surface area contributed by atoms with E-state index in [1.807, 2.05) is 48.3 Å². The van der Waals surface area contributed by atoms with E-state index in [1.54, 1.807) is 6.92 Å². The molecule has 4 heteroatoms. The summed E-state index contributed by atoms with van der Waals surface area (Å²) in [5, 5.41) is 4.47. The number of hydrogen-bond donors (Lipinski definition) is 0. The van der Waals surface area contributed by atoms with Gasteiger partial charge in [0, 0.05) is 26.9 Å². The van der Waals surface area contributed by atoms with Gasteiger partial charge in [0.25, 0.3) is 0 Å². The minimum atomic E-state index is 0.0418. The summed E-state index contributed by atoms with van der Waals surface area (Å²) < 4.78 is 0. The molecule has 1 aliphatic heterocycles. The predicted octanol–water partition coefficient (Wildman–Crippen LogP) is 3.12. The van der Waals surface area contributed by atoms with E-state index in [0.29, 0.717) is 0 Å². The van der Waals surface area contributed by atoms with Gasteiger partial charge in [-0.15, -0.1) is 0 Å². The summed E-state index contributed by atoms with van der Waals surface area (Å²) in [5.74, 6) is 0.0841. The Bertz CT molecular complexity index is 629. The van der Waals surface area contributed by atoms with Gasteiger partial charge >= 0.3 is 0 Å². The van der Waals surface area contributed by atoms with E-state index in [0.717, 1.165) is 24.3 Å². The molecule has 0 radical (unpaired) electrons. The highest BCUT2D eigenvalue weighted by Gasteiger charge is 2.35. The van der Waals surface area contributed by atoms with Crippen LogP contribution in [0.1, 0.15) is 13.3 Å². The zero-order chi connectivity index (χ0) is 15.5. The lowest BCUT2D eigenvalue weighted by Gasteiger charge is -2.38. The van der Waals surface area contributed by atoms with Crippen LogP contribution in [0, 0.1) is 0 Å². The van der Waals surface area contributed by atoms with Gasteiger partial charge in [0.05, 0.1) is 11.4 Å². The van der Waals surface area contributed by atoms with Crippen molar-refractivity contribution in [3.63, 3.8) is 0 Å². The normalized spacial score (nSPS) is 17.6. The quantitative estimate of drug-likeness (QED) is 0.870. The first-order valence-electron chi connectivity index (χ1n) is 7.58. The van der Waals surface area contributed by atoms with E-state index in [1.165, 1.54) is 0 Å². The van der Waals surface area contributed by atoms with Gasteiger partial charge in [0.1, 0.15) is 6.17 Å². The standard InChI is InChI=1S/C18H21N3O/c1-15(22)19(2)18-13-14-20(16-9-5-3-6-10-16)21(18)17-11-7-4-8-12-17/h3-12,18H,13-14H2,1-2H3. The maximum Gasteiger partial charge on any atom is 0.220 e. The molecule has 114 valence electrons. The monoisotopic (exact) mass is 295 g/mol. The molecule has 1 heterocycles. The van der Waals surface area contributed by atoms with Gasteiger partial charge in [-0.2, -0.15) is 0 Å². The lowest BCUT2D eigenvalue weighted by Crippen LogP contribution is -2.50. The molecule has 0 aromatic heterocycles. The zero-order valence-electron chi connectivity index (χ0n) is 13.0. The molecule has 22 heavy (non-hydrogen) atoms. The highest BCUT2D eigenvalue weighted by atomic mass is 16.2. The van der Waals surface area contributed by atoms with Gasteiger partial charge in [0.15, 0.2) is 0 Å². The summed E-state index contributed by atoms with van der Waals surface area (Å²) in [4.78, 5) is 13.6. The van der Waals surface area contributed by atoms with Gasteiger partial charge in [-0.3, -0.25) is 14.8 Å². The second-order valence-corrected chi connectivity index (χ2v) is 5.54. The van der Waals surface area contributed by atoms with Gasteiger partial charge < -0.3 is 4.90 Å². The van der Waals surface area contributed by atoms with Gasteiger partial charge in [-0.1, -0.05) is 36.4 Å². The van der Waals surface area contributed by atoms with Crippen molar-refractivity contribution < 1.29 is 4.79 Å². The van der Waals surface area contributed by atoms with Crippen molar-refractivity contribution >= 4 is 17.3 Å². The molecular weight excluding hydrogens is 274 g/mol. The second kappa shape index (κ2) is 6.10. The van der Waals surface area contributed by atoms with Crippen LogP contribution in [0.15, 0.2) is 60.7 Å².